The van der Waals surface area contributed by atoms with Gasteiger partial charge in [0.15, 0.2) is 0 Å². The number of carbonyl (C=O) groups excluding carboxylic acids is 1. The Morgan fingerprint density at radius 3 is 3.00 bits per heavy atom. The van der Waals surface area contributed by atoms with Gasteiger partial charge in [-0.2, -0.15) is 0 Å². The third kappa shape index (κ3) is 3.08. The van der Waals surface area contributed by atoms with Crippen molar-refractivity contribution in [3.8, 4) is 0 Å². The average molecular weight is 329 g/mol. The summed E-state index contributed by atoms with van der Waals surface area (Å²) in [5.74, 6) is 0.599. The van der Waals surface area contributed by atoms with Crippen molar-refractivity contribution in [1.82, 2.24) is 5.32 Å². The minimum absolute atomic E-state index is 0.0373. The van der Waals surface area contributed by atoms with Crippen LogP contribution in [-0.2, 0) is 10.2 Å². The molecule has 2 N–H and O–H groups in total. The fourth-order valence-electron chi connectivity index (χ4n) is 1.97. The molecule has 0 radical (unpaired) electrons. The van der Waals surface area contributed by atoms with Crippen LogP contribution >= 0.6 is 27.7 Å². The van der Waals surface area contributed by atoms with Crippen LogP contribution in [0.5, 0.6) is 0 Å². The molecule has 0 saturated carbocycles. The number of hydrogen-bond donors (Lipinski definition) is 2. The lowest BCUT2D eigenvalue weighted by Crippen LogP contribution is -2.32. The number of nitrogens with one attached hydrogen (secondary N) is 2. The van der Waals surface area contributed by atoms with Crippen LogP contribution in [0.1, 0.15) is 19.4 Å². The van der Waals surface area contributed by atoms with E-state index in [0.29, 0.717) is 5.75 Å². The van der Waals surface area contributed by atoms with Gasteiger partial charge in [0, 0.05) is 16.9 Å². The third-order valence-electron chi connectivity index (χ3n) is 3.06. The Morgan fingerprint density at radius 1 is 1.50 bits per heavy atom. The molecule has 1 aliphatic rings. The number of halogens is 1. The van der Waals surface area contributed by atoms with Crippen molar-refractivity contribution in [1.29, 1.82) is 0 Å². The van der Waals surface area contributed by atoms with E-state index in [9.17, 15) is 4.79 Å². The summed E-state index contributed by atoms with van der Waals surface area (Å²) in [7, 11) is 0. The molecule has 98 valence electrons. The first kappa shape index (κ1) is 13.9. The van der Waals surface area contributed by atoms with Gasteiger partial charge in [0.25, 0.3) is 0 Å². The monoisotopic (exact) mass is 328 g/mol. The molecule has 0 aliphatic carbocycles. The van der Waals surface area contributed by atoms with Crippen molar-refractivity contribution in [2.24, 2.45) is 0 Å². The van der Waals surface area contributed by atoms with Gasteiger partial charge in [0.1, 0.15) is 0 Å². The Hall–Kier alpha value is -0.520. The average Bonchev–Trinajstić information content (AvgIpc) is 2.35. The summed E-state index contributed by atoms with van der Waals surface area (Å²) in [6, 6.07) is 6.35. The zero-order valence-corrected chi connectivity index (χ0v) is 13.0. The molecular formula is C13H17BrN2OS. The summed E-state index contributed by atoms with van der Waals surface area (Å²) in [5, 5.41) is 6.24. The second-order valence-corrected chi connectivity index (χ2v) is 6.57. The molecule has 3 nitrogen and oxygen atoms in total. The van der Waals surface area contributed by atoms with Gasteiger partial charge in [-0.1, -0.05) is 35.8 Å². The molecule has 0 spiro atoms. The van der Waals surface area contributed by atoms with E-state index >= 15 is 0 Å². The van der Waals surface area contributed by atoms with Gasteiger partial charge in [0.2, 0.25) is 5.91 Å². The number of fused-ring (bicyclic) bond motifs is 1. The lowest BCUT2D eigenvalue weighted by molar-refractivity contribution is -0.113. The van der Waals surface area contributed by atoms with Crippen molar-refractivity contribution in [3.63, 3.8) is 0 Å². The first-order chi connectivity index (χ1) is 8.53. The third-order valence-corrected chi connectivity index (χ3v) is 4.53. The van der Waals surface area contributed by atoms with Crippen LogP contribution in [0.3, 0.4) is 0 Å². The largest absolute Gasteiger partial charge is 0.324 e. The lowest BCUT2D eigenvalue weighted by atomic mass is 9.84. The first-order valence-electron chi connectivity index (χ1n) is 5.87. The fourth-order valence-corrected chi connectivity index (χ4v) is 2.95. The Labute approximate surface area is 120 Å². The van der Waals surface area contributed by atoms with E-state index in [4.69, 9.17) is 0 Å². The number of alkyl halides is 1. The number of amides is 1. The molecule has 0 unspecified atom stereocenters. The summed E-state index contributed by atoms with van der Waals surface area (Å²) in [6.07, 6.45) is 0. The highest BCUT2D eigenvalue weighted by Crippen LogP contribution is 2.35. The molecule has 5 heteroatoms. The molecule has 1 amide bonds. The summed E-state index contributed by atoms with van der Waals surface area (Å²) >= 11 is 4.97. The minimum atomic E-state index is 0.0373. The normalized spacial score (nSPS) is 15.2. The van der Waals surface area contributed by atoms with Gasteiger partial charge >= 0.3 is 0 Å². The minimum Gasteiger partial charge on any atom is -0.324 e. The van der Waals surface area contributed by atoms with Crippen molar-refractivity contribution in [2.75, 3.05) is 23.1 Å². The number of thioether (sulfide) groups is 1. The zero-order valence-electron chi connectivity index (χ0n) is 10.5. The maximum atomic E-state index is 11.4. The SMILES string of the molecule is CC(C)(CNCBr)c1ccc2c(c1)NC(=O)CS2. The second kappa shape index (κ2) is 5.63. The fraction of sp³-hybridized carbons (Fsp3) is 0.462. The molecule has 0 atom stereocenters. The van der Waals surface area contributed by atoms with Gasteiger partial charge in [-0.3, -0.25) is 4.79 Å². The van der Waals surface area contributed by atoms with Crippen molar-refractivity contribution < 1.29 is 4.79 Å². The molecule has 0 saturated heterocycles. The molecule has 1 aromatic rings. The summed E-state index contributed by atoms with van der Waals surface area (Å²) in [5.41, 5.74) is 3.00. The van der Waals surface area contributed by atoms with E-state index < -0.39 is 0 Å². The zero-order chi connectivity index (χ0) is 13.2. The highest BCUT2D eigenvalue weighted by Gasteiger charge is 2.23. The van der Waals surface area contributed by atoms with Crippen molar-refractivity contribution >= 4 is 39.3 Å². The first-order valence-corrected chi connectivity index (χ1v) is 7.97. The number of rotatable bonds is 4. The maximum absolute atomic E-state index is 11.4. The standard InChI is InChI=1S/C13H17BrN2OS/c1-13(2,7-15-8-14)9-3-4-11-10(5-9)16-12(17)6-18-11/h3-5,15H,6-8H2,1-2H3,(H,16,17). The predicted molar refractivity (Wildman–Crippen MR) is 80.6 cm³/mol. The van der Waals surface area contributed by atoms with Gasteiger partial charge in [0.05, 0.1) is 16.9 Å². The summed E-state index contributed by atoms with van der Waals surface area (Å²) in [4.78, 5) is 12.6. The molecule has 1 aliphatic heterocycles. The van der Waals surface area contributed by atoms with E-state index in [2.05, 4.69) is 58.6 Å². The molecule has 2 rings (SSSR count). The summed E-state index contributed by atoms with van der Waals surface area (Å²) < 4.78 is 0. The molecular weight excluding hydrogens is 312 g/mol. The second-order valence-electron chi connectivity index (χ2n) is 4.99. The lowest BCUT2D eigenvalue weighted by Gasteiger charge is -2.27. The Bertz CT molecular complexity index is 462. The van der Waals surface area contributed by atoms with Crippen LogP contribution in [0, 0.1) is 0 Å². The van der Waals surface area contributed by atoms with Gasteiger partial charge < -0.3 is 10.6 Å². The molecule has 0 fully saturated rings. The molecule has 0 bridgehead atoms. The number of anilines is 1. The number of benzene rings is 1. The van der Waals surface area contributed by atoms with Crippen molar-refractivity contribution in [2.45, 2.75) is 24.2 Å². The Balaban J connectivity index is 2.24. The van der Waals surface area contributed by atoms with E-state index in [1.165, 1.54) is 5.56 Å². The predicted octanol–water partition coefficient (Wildman–Crippen LogP) is 2.95. The van der Waals surface area contributed by atoms with E-state index in [1.807, 2.05) is 0 Å². The maximum Gasteiger partial charge on any atom is 0.234 e. The summed E-state index contributed by atoms with van der Waals surface area (Å²) in [6.45, 7) is 5.28. The van der Waals surface area contributed by atoms with Gasteiger partial charge in [-0.05, 0) is 17.7 Å². The van der Waals surface area contributed by atoms with E-state index in [1.54, 1.807) is 11.8 Å². The Kier molecular flexibility index (Phi) is 4.35. The molecule has 0 aromatic heterocycles. The van der Waals surface area contributed by atoms with Crippen LogP contribution in [0.4, 0.5) is 5.69 Å². The quantitative estimate of drug-likeness (QED) is 0.659. The van der Waals surface area contributed by atoms with Crippen LogP contribution in [0.2, 0.25) is 0 Å². The highest BCUT2D eigenvalue weighted by molar-refractivity contribution is 9.09. The smallest absolute Gasteiger partial charge is 0.234 e. The molecule has 18 heavy (non-hydrogen) atoms. The van der Waals surface area contributed by atoms with E-state index in [-0.39, 0.29) is 11.3 Å². The number of hydrogen-bond acceptors (Lipinski definition) is 3. The van der Waals surface area contributed by atoms with Gasteiger partial charge in [-0.25, -0.2) is 0 Å². The van der Waals surface area contributed by atoms with Gasteiger partial charge in [-0.15, -0.1) is 11.8 Å². The highest BCUT2D eigenvalue weighted by atomic mass is 79.9. The Morgan fingerprint density at radius 2 is 2.28 bits per heavy atom. The van der Waals surface area contributed by atoms with Crippen LogP contribution < -0.4 is 10.6 Å². The molecule has 1 aromatic carbocycles. The molecule has 1 heterocycles. The van der Waals surface area contributed by atoms with Crippen molar-refractivity contribution in [3.05, 3.63) is 23.8 Å². The van der Waals surface area contributed by atoms with Crippen LogP contribution in [0.25, 0.3) is 0 Å². The number of carbonyl (C=O) groups is 1. The van der Waals surface area contributed by atoms with Crippen LogP contribution in [-0.4, -0.2) is 23.7 Å². The van der Waals surface area contributed by atoms with Crippen LogP contribution in [0.15, 0.2) is 23.1 Å². The topological polar surface area (TPSA) is 41.1 Å². The van der Waals surface area contributed by atoms with E-state index in [0.717, 1.165) is 22.6 Å².